The maximum Gasteiger partial charge on any atom is 0.224 e. The summed E-state index contributed by atoms with van der Waals surface area (Å²) < 4.78 is 15.1. The highest BCUT2D eigenvalue weighted by molar-refractivity contribution is 5.97. The Morgan fingerprint density at radius 1 is 1.19 bits per heavy atom. The number of nitrogens with one attached hydrogen (secondary N) is 1. The van der Waals surface area contributed by atoms with Gasteiger partial charge in [0, 0.05) is 17.5 Å². The van der Waals surface area contributed by atoms with Crippen molar-refractivity contribution in [3.05, 3.63) is 59.0 Å². The molecular weight excluding hydrogens is 341 g/mol. The Bertz CT molecular complexity index is 981. The standard InChI is InChI=1S/C22H26FN3O/c1-14-10-17-12-24-26(13-16-6-8-18(23)9-7-16)21(17)15(2)20(14)25-19(27)11-22(3,4)5/h6-10,12H,11,13H2,1-5H3,(H,25,27). The fourth-order valence-corrected chi connectivity index (χ4v) is 3.38. The normalized spacial score (nSPS) is 11.8. The Morgan fingerprint density at radius 2 is 1.85 bits per heavy atom. The Hall–Kier alpha value is -2.69. The zero-order valence-electron chi connectivity index (χ0n) is 16.6. The van der Waals surface area contributed by atoms with Crippen LogP contribution in [0.3, 0.4) is 0 Å². The molecule has 27 heavy (non-hydrogen) atoms. The van der Waals surface area contributed by atoms with Crippen molar-refractivity contribution in [3.63, 3.8) is 0 Å². The number of nitrogens with zero attached hydrogens (tertiary/aromatic N) is 2. The van der Waals surface area contributed by atoms with Crippen molar-refractivity contribution in [1.82, 2.24) is 9.78 Å². The number of hydrogen-bond acceptors (Lipinski definition) is 2. The van der Waals surface area contributed by atoms with E-state index in [1.165, 1.54) is 12.1 Å². The van der Waals surface area contributed by atoms with Gasteiger partial charge in [-0.1, -0.05) is 32.9 Å². The van der Waals surface area contributed by atoms with Gasteiger partial charge in [0.05, 0.1) is 18.3 Å². The fourth-order valence-electron chi connectivity index (χ4n) is 3.38. The summed E-state index contributed by atoms with van der Waals surface area (Å²) >= 11 is 0. The highest BCUT2D eigenvalue weighted by Crippen LogP contribution is 2.30. The monoisotopic (exact) mass is 367 g/mol. The summed E-state index contributed by atoms with van der Waals surface area (Å²) in [6.45, 7) is 10.7. The van der Waals surface area contributed by atoms with Crippen molar-refractivity contribution in [2.24, 2.45) is 5.41 Å². The molecule has 0 bridgehead atoms. The predicted molar refractivity (Wildman–Crippen MR) is 107 cm³/mol. The second-order valence-corrected chi connectivity index (χ2v) is 8.35. The third-order valence-corrected chi connectivity index (χ3v) is 4.57. The molecule has 0 saturated carbocycles. The molecule has 0 spiro atoms. The van der Waals surface area contributed by atoms with E-state index in [-0.39, 0.29) is 17.1 Å². The number of halogens is 1. The Kier molecular flexibility index (Phi) is 5.05. The van der Waals surface area contributed by atoms with Gasteiger partial charge in [-0.05, 0) is 54.2 Å². The van der Waals surface area contributed by atoms with Crippen LogP contribution < -0.4 is 5.32 Å². The minimum atomic E-state index is -0.250. The predicted octanol–water partition coefficient (Wildman–Crippen LogP) is 5.22. The zero-order chi connectivity index (χ0) is 19.8. The molecule has 0 aliphatic rings. The van der Waals surface area contributed by atoms with Gasteiger partial charge in [-0.3, -0.25) is 9.48 Å². The van der Waals surface area contributed by atoms with E-state index in [2.05, 4.69) is 10.4 Å². The average Bonchev–Trinajstić information content (AvgIpc) is 2.94. The molecule has 0 aliphatic carbocycles. The molecule has 1 amide bonds. The smallest absolute Gasteiger partial charge is 0.224 e. The molecule has 2 aromatic carbocycles. The lowest BCUT2D eigenvalue weighted by atomic mass is 9.92. The van der Waals surface area contributed by atoms with E-state index in [4.69, 9.17) is 0 Å². The van der Waals surface area contributed by atoms with E-state index in [0.29, 0.717) is 13.0 Å². The first-order valence-electron chi connectivity index (χ1n) is 9.14. The first kappa shape index (κ1) is 19.1. The second kappa shape index (κ2) is 7.14. The molecular formula is C22H26FN3O. The van der Waals surface area contributed by atoms with Crippen LogP contribution in [0.5, 0.6) is 0 Å². The minimum absolute atomic E-state index is 0.0117. The SMILES string of the molecule is Cc1cc2cnn(Cc3ccc(F)cc3)c2c(C)c1NC(=O)CC(C)(C)C. The van der Waals surface area contributed by atoms with Gasteiger partial charge in [-0.15, -0.1) is 0 Å². The Balaban J connectivity index is 1.96. The van der Waals surface area contributed by atoms with Gasteiger partial charge in [0.2, 0.25) is 5.91 Å². The summed E-state index contributed by atoms with van der Waals surface area (Å²) in [5.74, 6) is -0.239. The van der Waals surface area contributed by atoms with Gasteiger partial charge in [-0.2, -0.15) is 5.10 Å². The second-order valence-electron chi connectivity index (χ2n) is 8.35. The molecule has 0 unspecified atom stereocenters. The van der Waals surface area contributed by atoms with Crippen molar-refractivity contribution in [1.29, 1.82) is 0 Å². The maximum atomic E-state index is 13.2. The number of fused-ring (bicyclic) bond motifs is 1. The molecule has 0 radical (unpaired) electrons. The van der Waals surface area contributed by atoms with Crippen molar-refractivity contribution >= 4 is 22.5 Å². The van der Waals surface area contributed by atoms with E-state index in [1.54, 1.807) is 12.1 Å². The number of amides is 1. The van der Waals surface area contributed by atoms with Gasteiger partial charge < -0.3 is 5.32 Å². The lowest BCUT2D eigenvalue weighted by molar-refractivity contribution is -0.117. The molecule has 0 fully saturated rings. The Labute approximate surface area is 159 Å². The van der Waals surface area contributed by atoms with E-state index in [0.717, 1.165) is 33.3 Å². The van der Waals surface area contributed by atoms with E-state index < -0.39 is 0 Å². The molecule has 0 saturated heterocycles. The Morgan fingerprint density at radius 3 is 2.48 bits per heavy atom. The van der Waals surface area contributed by atoms with Crippen LogP contribution in [0.1, 0.15) is 43.9 Å². The quantitative estimate of drug-likeness (QED) is 0.687. The topological polar surface area (TPSA) is 46.9 Å². The fraction of sp³-hybridized carbons (Fsp3) is 0.364. The van der Waals surface area contributed by atoms with Crippen LogP contribution in [-0.2, 0) is 11.3 Å². The third-order valence-electron chi connectivity index (χ3n) is 4.57. The number of benzene rings is 2. The van der Waals surface area contributed by atoms with E-state index in [9.17, 15) is 9.18 Å². The summed E-state index contributed by atoms with van der Waals surface area (Å²) in [6, 6.07) is 8.48. The summed E-state index contributed by atoms with van der Waals surface area (Å²) in [4.78, 5) is 12.4. The van der Waals surface area contributed by atoms with Gasteiger partial charge >= 0.3 is 0 Å². The van der Waals surface area contributed by atoms with Crippen molar-refractivity contribution in [3.8, 4) is 0 Å². The number of aryl methyl sites for hydroxylation is 2. The van der Waals surface area contributed by atoms with Gasteiger partial charge in [-0.25, -0.2) is 4.39 Å². The summed E-state index contributed by atoms with van der Waals surface area (Å²) in [5, 5.41) is 8.62. The van der Waals surface area contributed by atoms with E-state index in [1.807, 2.05) is 51.6 Å². The maximum absolute atomic E-state index is 13.2. The van der Waals surface area contributed by atoms with Crippen LogP contribution >= 0.6 is 0 Å². The molecule has 1 N–H and O–H groups in total. The van der Waals surface area contributed by atoms with Crippen LogP contribution in [-0.4, -0.2) is 15.7 Å². The van der Waals surface area contributed by atoms with Gasteiger partial charge in [0.15, 0.2) is 0 Å². The highest BCUT2D eigenvalue weighted by Gasteiger charge is 2.19. The molecule has 3 aromatic rings. The molecule has 3 rings (SSSR count). The number of carbonyl (C=O) groups excluding carboxylic acids is 1. The molecule has 1 heterocycles. The lowest BCUT2D eigenvalue weighted by Crippen LogP contribution is -2.20. The molecule has 4 nitrogen and oxygen atoms in total. The summed E-state index contributed by atoms with van der Waals surface area (Å²) in [7, 11) is 0. The first-order chi connectivity index (χ1) is 12.6. The number of hydrogen-bond donors (Lipinski definition) is 1. The third kappa shape index (κ3) is 4.35. The number of carbonyl (C=O) groups is 1. The average molecular weight is 367 g/mol. The van der Waals surface area contributed by atoms with Crippen LogP contribution in [0.15, 0.2) is 36.5 Å². The van der Waals surface area contributed by atoms with Crippen LogP contribution in [0.4, 0.5) is 10.1 Å². The number of aromatic nitrogens is 2. The molecule has 142 valence electrons. The van der Waals surface area contributed by atoms with Gasteiger partial charge in [0.25, 0.3) is 0 Å². The van der Waals surface area contributed by atoms with Gasteiger partial charge in [0.1, 0.15) is 5.82 Å². The zero-order valence-corrected chi connectivity index (χ0v) is 16.6. The van der Waals surface area contributed by atoms with Crippen LogP contribution in [0, 0.1) is 25.1 Å². The van der Waals surface area contributed by atoms with Crippen LogP contribution in [0.2, 0.25) is 0 Å². The highest BCUT2D eigenvalue weighted by atomic mass is 19.1. The van der Waals surface area contributed by atoms with Crippen LogP contribution in [0.25, 0.3) is 10.9 Å². The molecule has 1 aromatic heterocycles. The van der Waals surface area contributed by atoms with E-state index >= 15 is 0 Å². The lowest BCUT2D eigenvalue weighted by Gasteiger charge is -2.19. The number of rotatable bonds is 4. The van der Waals surface area contributed by atoms with Crippen molar-refractivity contribution < 1.29 is 9.18 Å². The first-order valence-corrected chi connectivity index (χ1v) is 9.14. The summed E-state index contributed by atoms with van der Waals surface area (Å²) in [5.41, 5.74) is 4.74. The molecule has 0 atom stereocenters. The van der Waals surface area contributed by atoms with Crippen molar-refractivity contribution in [2.45, 2.75) is 47.6 Å². The largest absolute Gasteiger partial charge is 0.326 e. The molecule has 0 aliphatic heterocycles. The summed E-state index contributed by atoms with van der Waals surface area (Å²) in [6.07, 6.45) is 2.29. The number of anilines is 1. The molecule has 5 heteroatoms. The van der Waals surface area contributed by atoms with Crippen molar-refractivity contribution in [2.75, 3.05) is 5.32 Å². The minimum Gasteiger partial charge on any atom is -0.326 e.